The predicted molar refractivity (Wildman–Crippen MR) is 110 cm³/mol. The number of aromatic nitrogens is 4. The van der Waals surface area contributed by atoms with Crippen molar-refractivity contribution >= 4 is 28.3 Å². The van der Waals surface area contributed by atoms with Gasteiger partial charge in [-0.2, -0.15) is 9.47 Å². The van der Waals surface area contributed by atoms with E-state index in [1.807, 2.05) is 43.6 Å². The van der Waals surface area contributed by atoms with Gasteiger partial charge in [-0.3, -0.25) is 14.5 Å². The Morgan fingerprint density at radius 1 is 1.25 bits per heavy atom. The van der Waals surface area contributed by atoms with Gasteiger partial charge in [-0.1, -0.05) is 18.6 Å². The van der Waals surface area contributed by atoms with Gasteiger partial charge in [0, 0.05) is 35.8 Å². The lowest BCUT2D eigenvalue weighted by Crippen LogP contribution is -2.12. The number of pyridine rings is 1. The number of rotatable bonds is 4. The Kier molecular flexibility index (Phi) is 3.98. The molecular weight excluding hydrogens is 370 g/mol. The van der Waals surface area contributed by atoms with Crippen LogP contribution in [-0.2, 0) is 7.05 Å². The molecule has 1 saturated carbocycles. The minimum absolute atomic E-state index is 0.444. The van der Waals surface area contributed by atoms with Crippen molar-refractivity contribution < 1.29 is 4.79 Å². The lowest BCUT2D eigenvalue weighted by atomic mass is 9.82. The van der Waals surface area contributed by atoms with Gasteiger partial charge in [0.1, 0.15) is 4.88 Å². The normalized spacial score (nSPS) is 14.3. The van der Waals surface area contributed by atoms with E-state index in [0.29, 0.717) is 10.8 Å². The summed E-state index contributed by atoms with van der Waals surface area (Å²) in [5.41, 5.74) is 10.8. The highest BCUT2D eigenvalue weighted by atomic mass is 32.1. The van der Waals surface area contributed by atoms with Crippen LogP contribution >= 0.6 is 11.5 Å². The van der Waals surface area contributed by atoms with Crippen LogP contribution in [0.25, 0.3) is 33.4 Å². The van der Waals surface area contributed by atoms with Crippen LogP contribution in [-0.4, -0.2) is 25.0 Å². The molecule has 0 spiro atoms. The number of carbonyl (C=O) groups excluding carboxylic acids is 1. The maximum absolute atomic E-state index is 12.1. The molecule has 0 atom stereocenters. The molecule has 2 N–H and O–H groups in total. The number of nitrogens with zero attached hydrogens (tertiary/aromatic N) is 4. The van der Waals surface area contributed by atoms with Crippen LogP contribution in [0.1, 0.15) is 40.5 Å². The molecule has 1 aromatic carbocycles. The fourth-order valence-electron chi connectivity index (χ4n) is 3.71. The molecule has 1 aliphatic carbocycles. The molecule has 1 amide bonds. The summed E-state index contributed by atoms with van der Waals surface area (Å²) in [7, 11) is 1.90. The quantitative estimate of drug-likeness (QED) is 0.569. The molecule has 7 heteroatoms. The van der Waals surface area contributed by atoms with Gasteiger partial charge in [-0.15, -0.1) is 0 Å². The van der Waals surface area contributed by atoms with Crippen LogP contribution in [0.5, 0.6) is 0 Å². The van der Waals surface area contributed by atoms with E-state index in [1.54, 1.807) is 4.68 Å². The van der Waals surface area contributed by atoms with Crippen LogP contribution < -0.4 is 5.73 Å². The summed E-state index contributed by atoms with van der Waals surface area (Å²) in [6.45, 7) is 0. The molecule has 5 rings (SSSR count). The Morgan fingerprint density at radius 2 is 2.11 bits per heavy atom. The van der Waals surface area contributed by atoms with E-state index < -0.39 is 5.91 Å². The van der Waals surface area contributed by atoms with Gasteiger partial charge in [0.2, 0.25) is 0 Å². The molecule has 0 saturated heterocycles. The molecule has 3 aromatic heterocycles. The third kappa shape index (κ3) is 2.79. The largest absolute Gasteiger partial charge is 0.365 e. The van der Waals surface area contributed by atoms with E-state index in [0.717, 1.165) is 50.6 Å². The summed E-state index contributed by atoms with van der Waals surface area (Å²) in [6.07, 6.45) is 5.56. The Labute approximate surface area is 166 Å². The highest BCUT2D eigenvalue weighted by molar-refractivity contribution is 7.09. The Balaban J connectivity index is 1.68. The molecule has 0 bridgehead atoms. The summed E-state index contributed by atoms with van der Waals surface area (Å²) in [6, 6.07) is 12.0. The summed E-state index contributed by atoms with van der Waals surface area (Å²) < 4.78 is 6.37. The van der Waals surface area contributed by atoms with Gasteiger partial charge < -0.3 is 5.73 Å². The molecule has 1 aliphatic rings. The second kappa shape index (κ2) is 6.53. The Morgan fingerprint density at radius 3 is 2.86 bits per heavy atom. The van der Waals surface area contributed by atoms with Crippen LogP contribution in [0.4, 0.5) is 0 Å². The van der Waals surface area contributed by atoms with Gasteiger partial charge in [0.15, 0.2) is 0 Å². The summed E-state index contributed by atoms with van der Waals surface area (Å²) >= 11 is 1.13. The third-order valence-corrected chi connectivity index (χ3v) is 6.22. The van der Waals surface area contributed by atoms with E-state index in [9.17, 15) is 4.79 Å². The number of carbonyl (C=O) groups is 1. The predicted octanol–water partition coefficient (Wildman–Crippen LogP) is 4.13. The van der Waals surface area contributed by atoms with Crippen LogP contribution in [0.3, 0.4) is 0 Å². The standard InChI is InChI=1S/C21H19N5OS/c1-26-11-14-10-13(8-9-16(14)24-26)19-18(20(21(22)27)28-25-19)17-7-3-6-15(23-17)12-4-2-5-12/h3,6-12H,2,4-5H2,1H3,(H2,22,27). The molecule has 140 valence electrons. The average molecular weight is 389 g/mol. The number of nitrogens with two attached hydrogens (primary N) is 1. The van der Waals surface area contributed by atoms with Gasteiger partial charge in [-0.25, -0.2) is 0 Å². The summed E-state index contributed by atoms with van der Waals surface area (Å²) in [5.74, 6) is 0.0378. The maximum Gasteiger partial charge on any atom is 0.261 e. The van der Waals surface area contributed by atoms with E-state index in [-0.39, 0.29) is 0 Å². The number of fused-ring (bicyclic) bond motifs is 1. The average Bonchev–Trinajstić information content (AvgIpc) is 3.22. The monoisotopic (exact) mass is 389 g/mol. The molecule has 0 unspecified atom stereocenters. The first-order valence-corrected chi connectivity index (χ1v) is 10.1. The minimum atomic E-state index is -0.475. The van der Waals surface area contributed by atoms with Crippen molar-refractivity contribution in [2.24, 2.45) is 12.8 Å². The molecule has 28 heavy (non-hydrogen) atoms. The number of hydrogen-bond acceptors (Lipinski definition) is 5. The number of hydrogen-bond donors (Lipinski definition) is 1. The number of benzene rings is 1. The molecule has 0 radical (unpaired) electrons. The van der Waals surface area contributed by atoms with Gasteiger partial charge in [-0.05, 0) is 48.6 Å². The molecule has 4 aromatic rings. The van der Waals surface area contributed by atoms with E-state index in [1.165, 1.54) is 19.3 Å². The van der Waals surface area contributed by atoms with Gasteiger partial charge in [0.05, 0.1) is 22.5 Å². The van der Waals surface area contributed by atoms with E-state index in [4.69, 9.17) is 10.7 Å². The van der Waals surface area contributed by atoms with Crippen molar-refractivity contribution in [2.45, 2.75) is 25.2 Å². The fourth-order valence-corrected chi connectivity index (χ4v) is 4.47. The third-order valence-electron chi connectivity index (χ3n) is 5.36. The molecule has 6 nitrogen and oxygen atoms in total. The van der Waals surface area contributed by atoms with Crippen molar-refractivity contribution in [3.8, 4) is 22.5 Å². The highest BCUT2D eigenvalue weighted by Crippen LogP contribution is 2.39. The summed E-state index contributed by atoms with van der Waals surface area (Å²) in [4.78, 5) is 17.4. The molecule has 1 fully saturated rings. The molecular formula is C21H19N5OS. The Bertz CT molecular complexity index is 1200. The van der Waals surface area contributed by atoms with Crippen molar-refractivity contribution in [2.75, 3.05) is 0 Å². The first-order valence-electron chi connectivity index (χ1n) is 9.31. The number of primary amides is 1. The summed E-state index contributed by atoms with van der Waals surface area (Å²) in [5, 5.41) is 5.45. The SMILES string of the molecule is Cn1cc2cc(-c3nsc(C(N)=O)c3-c3cccc(C4CCC4)n3)ccc2n1. The van der Waals surface area contributed by atoms with Crippen molar-refractivity contribution in [1.82, 2.24) is 19.1 Å². The second-order valence-electron chi connectivity index (χ2n) is 7.25. The fraction of sp³-hybridized carbons (Fsp3) is 0.238. The smallest absolute Gasteiger partial charge is 0.261 e. The van der Waals surface area contributed by atoms with Crippen LogP contribution in [0.15, 0.2) is 42.6 Å². The van der Waals surface area contributed by atoms with Gasteiger partial charge in [0.25, 0.3) is 5.91 Å². The van der Waals surface area contributed by atoms with Crippen molar-refractivity contribution in [1.29, 1.82) is 0 Å². The number of aryl methyl sites for hydroxylation is 1. The van der Waals surface area contributed by atoms with E-state index in [2.05, 4.69) is 15.5 Å². The lowest BCUT2D eigenvalue weighted by molar-refractivity contribution is 0.100. The number of amides is 1. The first-order chi connectivity index (χ1) is 13.6. The first kappa shape index (κ1) is 17.1. The van der Waals surface area contributed by atoms with Crippen LogP contribution in [0.2, 0.25) is 0 Å². The van der Waals surface area contributed by atoms with E-state index >= 15 is 0 Å². The molecule has 0 aliphatic heterocycles. The minimum Gasteiger partial charge on any atom is -0.365 e. The molecule has 3 heterocycles. The topological polar surface area (TPSA) is 86.7 Å². The zero-order chi connectivity index (χ0) is 19.3. The lowest BCUT2D eigenvalue weighted by Gasteiger charge is -2.25. The second-order valence-corrected chi connectivity index (χ2v) is 8.02. The zero-order valence-corrected chi connectivity index (χ0v) is 16.2. The maximum atomic E-state index is 12.1. The van der Waals surface area contributed by atoms with Gasteiger partial charge >= 0.3 is 0 Å². The van der Waals surface area contributed by atoms with Crippen molar-refractivity contribution in [3.05, 3.63) is 53.2 Å². The van der Waals surface area contributed by atoms with Crippen molar-refractivity contribution in [3.63, 3.8) is 0 Å². The van der Waals surface area contributed by atoms with Crippen LogP contribution in [0, 0.1) is 0 Å². The highest BCUT2D eigenvalue weighted by Gasteiger charge is 2.25. The Hall–Kier alpha value is -3.06. The zero-order valence-electron chi connectivity index (χ0n) is 15.4.